The van der Waals surface area contributed by atoms with E-state index in [1.54, 1.807) is 12.1 Å². The Balaban J connectivity index is 1.63. The Bertz CT molecular complexity index is 655. The molecule has 3 rings (SSSR count). The number of nitrogens with one attached hydrogen (secondary N) is 1. The molecule has 0 unspecified atom stereocenters. The summed E-state index contributed by atoms with van der Waals surface area (Å²) in [5, 5.41) is 2.79. The second-order valence-corrected chi connectivity index (χ2v) is 5.26. The van der Waals surface area contributed by atoms with Gasteiger partial charge in [0, 0.05) is 5.92 Å². The van der Waals surface area contributed by atoms with Crippen LogP contribution in [0, 0.1) is 11.7 Å². The molecule has 1 aromatic carbocycles. The summed E-state index contributed by atoms with van der Waals surface area (Å²) in [6.07, 6.45) is 6.97. The Kier molecular flexibility index (Phi) is 4.27. The fourth-order valence-electron chi connectivity index (χ4n) is 2.49. The maximum atomic E-state index is 13.5. The van der Waals surface area contributed by atoms with Crippen molar-refractivity contribution in [2.45, 2.75) is 25.7 Å². The van der Waals surface area contributed by atoms with E-state index < -0.39 is 5.82 Å². The molecule has 1 heterocycles. The van der Waals surface area contributed by atoms with Gasteiger partial charge in [-0.15, -0.1) is 0 Å². The highest BCUT2D eigenvalue weighted by Crippen LogP contribution is 2.26. The summed E-state index contributed by atoms with van der Waals surface area (Å²) in [4.78, 5) is 19.9. The minimum Gasteiger partial charge on any atom is -0.421 e. The number of rotatable bonds is 4. The van der Waals surface area contributed by atoms with Crippen LogP contribution in [0.25, 0.3) is 0 Å². The van der Waals surface area contributed by atoms with Gasteiger partial charge in [-0.25, -0.2) is 14.4 Å². The first-order valence-corrected chi connectivity index (χ1v) is 7.27. The molecule has 5 nitrogen and oxygen atoms in total. The fourth-order valence-corrected chi connectivity index (χ4v) is 2.49. The summed E-state index contributed by atoms with van der Waals surface area (Å²) in [7, 11) is 0. The van der Waals surface area contributed by atoms with E-state index in [1.807, 2.05) is 0 Å². The van der Waals surface area contributed by atoms with Crippen molar-refractivity contribution < 1.29 is 13.9 Å². The molecule has 0 bridgehead atoms. The van der Waals surface area contributed by atoms with E-state index in [0.717, 1.165) is 25.7 Å². The molecule has 0 radical (unpaired) electrons. The van der Waals surface area contributed by atoms with Crippen LogP contribution >= 0.6 is 0 Å². The maximum absolute atomic E-state index is 13.5. The lowest BCUT2D eigenvalue weighted by Crippen LogP contribution is -2.20. The van der Waals surface area contributed by atoms with Crippen LogP contribution in [0.4, 0.5) is 10.1 Å². The minimum atomic E-state index is -0.482. The summed E-state index contributed by atoms with van der Waals surface area (Å²) in [6, 6.07) is 6.06. The first-order chi connectivity index (χ1) is 10.7. The summed E-state index contributed by atoms with van der Waals surface area (Å²) >= 11 is 0. The zero-order valence-corrected chi connectivity index (χ0v) is 12.0. The number of nitrogens with zero attached hydrogens (tertiary/aromatic N) is 2. The highest BCUT2D eigenvalue weighted by Gasteiger charge is 2.22. The zero-order valence-electron chi connectivity index (χ0n) is 12.0. The molecule has 22 heavy (non-hydrogen) atoms. The summed E-state index contributed by atoms with van der Waals surface area (Å²) < 4.78 is 18.7. The quantitative estimate of drug-likeness (QED) is 0.938. The smallest absolute Gasteiger partial charge is 0.322 e. The van der Waals surface area contributed by atoms with Crippen molar-refractivity contribution in [3.05, 3.63) is 42.5 Å². The lowest BCUT2D eigenvalue weighted by Gasteiger charge is -2.10. The standard InChI is InChI=1S/C16H16FN3O2/c17-13-7-3-4-8-14(13)22-16-18-9-12(10-19-16)20-15(21)11-5-1-2-6-11/h3-4,7-11H,1-2,5-6H2,(H,20,21). The van der Waals surface area contributed by atoms with Crippen LogP contribution in [-0.2, 0) is 4.79 Å². The minimum absolute atomic E-state index is 0.00359. The molecule has 2 aromatic rings. The van der Waals surface area contributed by atoms with Crippen LogP contribution in [-0.4, -0.2) is 15.9 Å². The van der Waals surface area contributed by atoms with Crippen molar-refractivity contribution in [2.75, 3.05) is 5.32 Å². The first-order valence-electron chi connectivity index (χ1n) is 7.27. The van der Waals surface area contributed by atoms with Gasteiger partial charge in [0.25, 0.3) is 0 Å². The van der Waals surface area contributed by atoms with Crippen molar-refractivity contribution in [1.82, 2.24) is 9.97 Å². The van der Waals surface area contributed by atoms with Gasteiger partial charge in [-0.3, -0.25) is 4.79 Å². The zero-order chi connectivity index (χ0) is 15.4. The van der Waals surface area contributed by atoms with Gasteiger partial charge < -0.3 is 10.1 Å². The Morgan fingerprint density at radius 1 is 1.18 bits per heavy atom. The van der Waals surface area contributed by atoms with Crippen molar-refractivity contribution in [3.8, 4) is 11.8 Å². The Hall–Kier alpha value is -2.50. The van der Waals surface area contributed by atoms with E-state index in [9.17, 15) is 9.18 Å². The van der Waals surface area contributed by atoms with Crippen LogP contribution in [0.15, 0.2) is 36.7 Å². The number of aromatic nitrogens is 2. The molecule has 1 aliphatic rings. The molecule has 1 N–H and O–H groups in total. The highest BCUT2D eigenvalue weighted by atomic mass is 19.1. The summed E-state index contributed by atoms with van der Waals surface area (Å²) in [5.41, 5.74) is 0.512. The highest BCUT2D eigenvalue weighted by molar-refractivity contribution is 5.92. The monoisotopic (exact) mass is 301 g/mol. The van der Waals surface area contributed by atoms with E-state index >= 15 is 0 Å². The van der Waals surface area contributed by atoms with Crippen molar-refractivity contribution in [2.24, 2.45) is 5.92 Å². The molecule has 1 aromatic heterocycles. The van der Waals surface area contributed by atoms with E-state index in [4.69, 9.17) is 4.74 Å². The van der Waals surface area contributed by atoms with Crippen LogP contribution in [0.5, 0.6) is 11.8 Å². The first kappa shape index (κ1) is 14.4. The third-order valence-corrected chi connectivity index (χ3v) is 3.66. The predicted octanol–water partition coefficient (Wildman–Crippen LogP) is 3.54. The molecule has 0 aliphatic heterocycles. The fraction of sp³-hybridized carbons (Fsp3) is 0.312. The molecule has 0 spiro atoms. The number of carbonyl (C=O) groups is 1. The molecule has 6 heteroatoms. The lowest BCUT2D eigenvalue weighted by molar-refractivity contribution is -0.119. The van der Waals surface area contributed by atoms with E-state index in [1.165, 1.54) is 24.5 Å². The van der Waals surface area contributed by atoms with Gasteiger partial charge in [0.15, 0.2) is 11.6 Å². The SMILES string of the molecule is O=C(Nc1cnc(Oc2ccccc2F)nc1)C1CCCC1. The van der Waals surface area contributed by atoms with E-state index in [0.29, 0.717) is 5.69 Å². The van der Waals surface area contributed by atoms with Gasteiger partial charge in [-0.05, 0) is 25.0 Å². The predicted molar refractivity (Wildman–Crippen MR) is 79.1 cm³/mol. The third kappa shape index (κ3) is 3.39. The second kappa shape index (κ2) is 6.51. The van der Waals surface area contributed by atoms with Crippen LogP contribution in [0.2, 0.25) is 0 Å². The van der Waals surface area contributed by atoms with Gasteiger partial charge >= 0.3 is 6.01 Å². The van der Waals surface area contributed by atoms with E-state index in [-0.39, 0.29) is 23.6 Å². The Morgan fingerprint density at radius 2 is 1.86 bits per heavy atom. The number of para-hydroxylation sites is 1. The topological polar surface area (TPSA) is 64.1 Å². The van der Waals surface area contributed by atoms with Crippen LogP contribution in [0.1, 0.15) is 25.7 Å². The van der Waals surface area contributed by atoms with Gasteiger partial charge in [0.05, 0.1) is 18.1 Å². The Morgan fingerprint density at radius 3 is 2.55 bits per heavy atom. The van der Waals surface area contributed by atoms with Gasteiger partial charge in [0.1, 0.15) is 0 Å². The number of benzene rings is 1. The largest absolute Gasteiger partial charge is 0.421 e. The number of hydrogen-bond donors (Lipinski definition) is 1. The third-order valence-electron chi connectivity index (χ3n) is 3.66. The molecular weight excluding hydrogens is 285 g/mol. The molecule has 1 aliphatic carbocycles. The van der Waals surface area contributed by atoms with Crippen LogP contribution < -0.4 is 10.1 Å². The summed E-state index contributed by atoms with van der Waals surface area (Å²) in [6.45, 7) is 0. The molecule has 1 fully saturated rings. The lowest BCUT2D eigenvalue weighted by atomic mass is 10.1. The van der Waals surface area contributed by atoms with Crippen molar-refractivity contribution in [1.29, 1.82) is 0 Å². The second-order valence-electron chi connectivity index (χ2n) is 5.26. The normalized spacial score (nSPS) is 14.8. The maximum Gasteiger partial charge on any atom is 0.322 e. The Labute approximate surface area is 127 Å². The van der Waals surface area contributed by atoms with Crippen molar-refractivity contribution >= 4 is 11.6 Å². The van der Waals surface area contributed by atoms with Crippen molar-refractivity contribution in [3.63, 3.8) is 0 Å². The summed E-state index contributed by atoms with van der Waals surface area (Å²) in [5.74, 6) is -0.340. The number of ether oxygens (including phenoxy) is 1. The number of anilines is 1. The van der Waals surface area contributed by atoms with Gasteiger partial charge in [-0.2, -0.15) is 0 Å². The number of hydrogen-bond acceptors (Lipinski definition) is 4. The molecule has 1 saturated carbocycles. The number of amides is 1. The molecule has 0 saturated heterocycles. The number of halogens is 1. The van der Waals surface area contributed by atoms with Gasteiger partial charge in [0.2, 0.25) is 5.91 Å². The molecule has 114 valence electrons. The average molecular weight is 301 g/mol. The van der Waals surface area contributed by atoms with E-state index in [2.05, 4.69) is 15.3 Å². The molecular formula is C16H16FN3O2. The van der Waals surface area contributed by atoms with Crippen LogP contribution in [0.3, 0.4) is 0 Å². The van der Waals surface area contributed by atoms with Gasteiger partial charge in [-0.1, -0.05) is 25.0 Å². The molecule has 0 atom stereocenters. The number of carbonyl (C=O) groups excluding carboxylic acids is 1. The average Bonchev–Trinajstić information content (AvgIpc) is 3.06. The molecule has 1 amide bonds.